The molecule has 0 saturated heterocycles. The molecule has 1 unspecified atom stereocenters. The summed E-state index contributed by atoms with van der Waals surface area (Å²) >= 11 is 0. The van der Waals surface area contributed by atoms with Gasteiger partial charge in [-0.1, -0.05) is 13.0 Å². The van der Waals surface area contributed by atoms with Crippen LogP contribution in [-0.2, 0) is 10.0 Å². The van der Waals surface area contributed by atoms with Crippen LogP contribution in [0.5, 0.6) is 5.75 Å². The van der Waals surface area contributed by atoms with Gasteiger partial charge >= 0.3 is 0 Å². The van der Waals surface area contributed by atoms with E-state index in [-0.39, 0.29) is 41.7 Å². The average Bonchev–Trinajstić information content (AvgIpc) is 2.62. The van der Waals surface area contributed by atoms with Crippen LogP contribution in [0.25, 0.3) is 0 Å². The molecule has 0 aliphatic rings. The van der Waals surface area contributed by atoms with Gasteiger partial charge in [0.1, 0.15) is 17.7 Å². The Labute approximate surface area is 178 Å². The number of sulfonamides is 1. The summed E-state index contributed by atoms with van der Waals surface area (Å²) in [6.07, 6.45) is 1.25. The highest BCUT2D eigenvalue weighted by atomic mass is 127. The zero-order valence-electron chi connectivity index (χ0n) is 16.0. The second kappa shape index (κ2) is 13.9. The van der Waals surface area contributed by atoms with Gasteiger partial charge in [0.25, 0.3) is 0 Å². The van der Waals surface area contributed by atoms with E-state index in [1.165, 1.54) is 12.1 Å². The molecule has 156 valence electrons. The first-order valence-corrected chi connectivity index (χ1v) is 10.4. The maximum absolute atomic E-state index is 13.2. The maximum Gasteiger partial charge on any atom is 0.211 e. The molecule has 0 aliphatic carbocycles. The van der Waals surface area contributed by atoms with Gasteiger partial charge in [-0.15, -0.1) is 24.0 Å². The molecule has 0 aromatic heterocycles. The van der Waals surface area contributed by atoms with Crippen molar-refractivity contribution in [3.8, 4) is 5.75 Å². The van der Waals surface area contributed by atoms with Crippen LogP contribution >= 0.6 is 24.0 Å². The Bertz CT molecular complexity index is 674. The zero-order valence-corrected chi connectivity index (χ0v) is 19.1. The quantitative estimate of drug-likeness (QED) is 0.181. The fourth-order valence-electron chi connectivity index (χ4n) is 2.06. The highest BCUT2D eigenvalue weighted by Gasteiger charge is 2.10. The van der Waals surface area contributed by atoms with Crippen molar-refractivity contribution < 1.29 is 17.5 Å². The van der Waals surface area contributed by atoms with Crippen LogP contribution in [0.4, 0.5) is 4.39 Å². The van der Waals surface area contributed by atoms with Crippen molar-refractivity contribution in [2.24, 2.45) is 4.99 Å². The van der Waals surface area contributed by atoms with Crippen molar-refractivity contribution in [3.63, 3.8) is 0 Å². The van der Waals surface area contributed by atoms with Gasteiger partial charge in [0.15, 0.2) is 5.96 Å². The van der Waals surface area contributed by atoms with E-state index in [1.807, 2.05) is 6.92 Å². The number of ether oxygens (including phenoxy) is 1. The Hall–Kier alpha value is -1.14. The SMILES string of the molecule is CCC(CNC(=NC)NCCCNS(=O)(=O)CC)Oc1cccc(F)c1.I. The maximum atomic E-state index is 13.2. The van der Waals surface area contributed by atoms with Crippen LogP contribution < -0.4 is 20.1 Å². The van der Waals surface area contributed by atoms with Crippen molar-refractivity contribution in [2.75, 3.05) is 32.4 Å². The second-order valence-electron chi connectivity index (χ2n) is 5.64. The van der Waals surface area contributed by atoms with E-state index in [0.717, 1.165) is 6.42 Å². The lowest BCUT2D eigenvalue weighted by molar-refractivity contribution is 0.199. The lowest BCUT2D eigenvalue weighted by atomic mass is 10.2. The third-order valence-electron chi connectivity index (χ3n) is 3.62. The Morgan fingerprint density at radius 2 is 2.00 bits per heavy atom. The fraction of sp³-hybridized carbons (Fsp3) is 0.588. The predicted octanol–water partition coefficient (Wildman–Crippen LogP) is 2.10. The number of nitrogens with zero attached hydrogens (tertiary/aromatic N) is 1. The van der Waals surface area contributed by atoms with E-state index in [1.54, 1.807) is 26.1 Å². The number of guanidine groups is 1. The van der Waals surface area contributed by atoms with Gasteiger partial charge in [-0.2, -0.15) is 0 Å². The minimum absolute atomic E-state index is 0. The molecule has 0 amide bonds. The highest BCUT2D eigenvalue weighted by molar-refractivity contribution is 14.0. The molecular weight excluding hydrogens is 486 g/mol. The van der Waals surface area contributed by atoms with Crippen molar-refractivity contribution in [3.05, 3.63) is 30.1 Å². The van der Waals surface area contributed by atoms with Crippen LogP contribution in [0.15, 0.2) is 29.3 Å². The van der Waals surface area contributed by atoms with Crippen LogP contribution in [0.1, 0.15) is 26.7 Å². The molecule has 0 fully saturated rings. The molecule has 3 N–H and O–H groups in total. The number of aliphatic imine (C=N–C) groups is 1. The number of rotatable bonds is 11. The largest absolute Gasteiger partial charge is 0.489 e. The van der Waals surface area contributed by atoms with Gasteiger partial charge in [-0.3, -0.25) is 4.99 Å². The molecule has 1 aromatic rings. The van der Waals surface area contributed by atoms with Crippen molar-refractivity contribution in [1.29, 1.82) is 0 Å². The molecule has 10 heteroatoms. The Morgan fingerprint density at radius 3 is 2.59 bits per heavy atom. The smallest absolute Gasteiger partial charge is 0.211 e. The first-order valence-electron chi connectivity index (χ1n) is 8.74. The molecule has 0 aliphatic heterocycles. The second-order valence-corrected chi connectivity index (χ2v) is 7.73. The molecule has 1 rings (SSSR count). The lowest BCUT2D eigenvalue weighted by Gasteiger charge is -2.20. The van der Waals surface area contributed by atoms with Gasteiger partial charge in [0.2, 0.25) is 10.0 Å². The minimum atomic E-state index is -3.15. The Balaban J connectivity index is 0.00000676. The van der Waals surface area contributed by atoms with E-state index in [9.17, 15) is 12.8 Å². The summed E-state index contributed by atoms with van der Waals surface area (Å²) in [5.41, 5.74) is 0. The number of nitrogens with one attached hydrogen (secondary N) is 3. The molecule has 1 aromatic carbocycles. The van der Waals surface area contributed by atoms with Crippen LogP contribution in [-0.4, -0.2) is 52.9 Å². The Kier molecular flexibility index (Phi) is 13.4. The normalized spacial score (nSPS) is 12.8. The molecule has 1 atom stereocenters. The first kappa shape index (κ1) is 25.9. The number of hydrogen-bond donors (Lipinski definition) is 3. The number of benzene rings is 1. The predicted molar refractivity (Wildman–Crippen MR) is 118 cm³/mol. The van der Waals surface area contributed by atoms with Gasteiger partial charge < -0.3 is 15.4 Å². The van der Waals surface area contributed by atoms with Crippen molar-refractivity contribution in [2.45, 2.75) is 32.8 Å². The zero-order chi connectivity index (χ0) is 19.4. The summed E-state index contributed by atoms with van der Waals surface area (Å²) in [5, 5.41) is 6.27. The molecule has 0 saturated carbocycles. The summed E-state index contributed by atoms with van der Waals surface area (Å²) in [5.74, 6) is 0.837. The topological polar surface area (TPSA) is 91.8 Å². The molecule has 0 bridgehead atoms. The van der Waals surface area contributed by atoms with Gasteiger partial charge in [-0.05, 0) is 31.9 Å². The third-order valence-corrected chi connectivity index (χ3v) is 5.03. The molecule has 0 spiro atoms. The lowest BCUT2D eigenvalue weighted by Crippen LogP contribution is -2.43. The molecule has 0 heterocycles. The van der Waals surface area contributed by atoms with E-state index in [4.69, 9.17) is 4.74 Å². The Morgan fingerprint density at radius 1 is 1.26 bits per heavy atom. The molecule has 27 heavy (non-hydrogen) atoms. The van der Waals surface area contributed by atoms with Crippen LogP contribution in [0.3, 0.4) is 0 Å². The number of hydrogen-bond acceptors (Lipinski definition) is 4. The average molecular weight is 516 g/mol. The summed E-state index contributed by atoms with van der Waals surface area (Å²) in [6, 6.07) is 6.06. The van der Waals surface area contributed by atoms with Gasteiger partial charge in [0.05, 0.1) is 12.3 Å². The fourth-order valence-corrected chi connectivity index (χ4v) is 2.72. The molecule has 7 nitrogen and oxygen atoms in total. The molecular formula is C17H30FIN4O3S. The van der Waals surface area contributed by atoms with Crippen LogP contribution in [0.2, 0.25) is 0 Å². The highest BCUT2D eigenvalue weighted by Crippen LogP contribution is 2.14. The summed E-state index contributed by atoms with van der Waals surface area (Å²) in [4.78, 5) is 4.12. The van der Waals surface area contributed by atoms with E-state index in [2.05, 4.69) is 20.3 Å². The minimum Gasteiger partial charge on any atom is -0.489 e. The summed E-state index contributed by atoms with van der Waals surface area (Å²) in [6.45, 7) is 5.05. The van der Waals surface area contributed by atoms with Gasteiger partial charge in [-0.25, -0.2) is 17.5 Å². The first-order chi connectivity index (χ1) is 12.4. The summed E-state index contributed by atoms with van der Waals surface area (Å²) in [7, 11) is -1.49. The van der Waals surface area contributed by atoms with E-state index in [0.29, 0.717) is 37.8 Å². The van der Waals surface area contributed by atoms with Gasteiger partial charge in [0, 0.05) is 26.2 Å². The van der Waals surface area contributed by atoms with Crippen LogP contribution in [0, 0.1) is 5.82 Å². The van der Waals surface area contributed by atoms with E-state index >= 15 is 0 Å². The third kappa shape index (κ3) is 11.3. The van der Waals surface area contributed by atoms with Crippen molar-refractivity contribution >= 4 is 40.0 Å². The standard InChI is InChI=1S/C17H29FN4O3S.HI/c1-4-15(25-16-9-6-8-14(18)12-16)13-21-17(19-3)20-10-7-11-22-26(23,24)5-2;/h6,8-9,12,15,22H,4-5,7,10-11,13H2,1-3H3,(H2,19,20,21);1H. The molecule has 0 radical (unpaired) electrons. The monoisotopic (exact) mass is 516 g/mol. The summed E-state index contributed by atoms with van der Waals surface area (Å²) < 4.78 is 44.2. The number of halogens is 2. The van der Waals surface area contributed by atoms with Crippen molar-refractivity contribution in [1.82, 2.24) is 15.4 Å². The van der Waals surface area contributed by atoms with E-state index < -0.39 is 10.0 Å².